The summed E-state index contributed by atoms with van der Waals surface area (Å²) in [6.45, 7) is 1.54. The summed E-state index contributed by atoms with van der Waals surface area (Å²) in [5, 5.41) is 4.84. The van der Waals surface area contributed by atoms with Crippen molar-refractivity contribution < 1.29 is 9.63 Å². The molecule has 5 heteroatoms. The lowest BCUT2D eigenvalue weighted by Crippen LogP contribution is -2.04. The molecule has 0 aromatic heterocycles. The number of rotatable bonds is 5. The monoisotopic (exact) mass is 273 g/mol. The first-order valence-corrected chi connectivity index (χ1v) is 5.85. The molecule has 92 valence electrons. The minimum Gasteiger partial charge on any atom is -0.399 e. The minimum atomic E-state index is 0.105. The van der Waals surface area contributed by atoms with Gasteiger partial charge in [0.15, 0.2) is 0 Å². The van der Waals surface area contributed by atoms with E-state index >= 15 is 0 Å². The number of carbonyl (C=O) groups excluding carboxylic acids is 1. The molecule has 0 unspecified atom stereocenters. The number of halogens is 2. The quantitative estimate of drug-likeness (QED) is 0.606. The fourth-order valence-electron chi connectivity index (χ4n) is 1.32. The standard InChI is InChI=1S/C12H13Cl2NO2/c1-8(16)3-6-12(15-17-2)9-4-5-10(13)11(14)7-9/h4-5,7H,3,6H2,1-2H3/b15-12-. The number of benzene rings is 1. The molecule has 17 heavy (non-hydrogen) atoms. The summed E-state index contributed by atoms with van der Waals surface area (Å²) in [6.07, 6.45) is 0.934. The normalized spacial score (nSPS) is 11.4. The van der Waals surface area contributed by atoms with Gasteiger partial charge in [0.25, 0.3) is 0 Å². The molecule has 0 spiro atoms. The maximum absolute atomic E-state index is 11.0. The largest absolute Gasteiger partial charge is 0.399 e. The van der Waals surface area contributed by atoms with Crippen LogP contribution in [0.2, 0.25) is 10.0 Å². The third kappa shape index (κ3) is 4.36. The van der Waals surface area contributed by atoms with E-state index in [-0.39, 0.29) is 5.78 Å². The van der Waals surface area contributed by atoms with Crippen LogP contribution in [0.15, 0.2) is 23.4 Å². The third-order valence-corrected chi connectivity index (χ3v) is 2.91. The summed E-state index contributed by atoms with van der Waals surface area (Å²) in [5.74, 6) is 0.105. The van der Waals surface area contributed by atoms with Crippen LogP contribution in [-0.4, -0.2) is 18.6 Å². The van der Waals surface area contributed by atoms with Gasteiger partial charge < -0.3 is 9.63 Å². The van der Waals surface area contributed by atoms with Crippen molar-refractivity contribution in [3.05, 3.63) is 33.8 Å². The van der Waals surface area contributed by atoms with Crippen LogP contribution in [0.3, 0.4) is 0 Å². The Morgan fingerprint density at radius 2 is 2.00 bits per heavy atom. The lowest BCUT2D eigenvalue weighted by molar-refractivity contribution is -0.116. The molecule has 1 rings (SSSR count). The molecule has 0 aliphatic rings. The number of hydrogen-bond donors (Lipinski definition) is 0. The molecule has 0 atom stereocenters. The Bertz CT molecular complexity index is 444. The molecule has 3 nitrogen and oxygen atoms in total. The van der Waals surface area contributed by atoms with Crippen molar-refractivity contribution in [1.82, 2.24) is 0 Å². The summed E-state index contributed by atoms with van der Waals surface area (Å²) < 4.78 is 0. The van der Waals surface area contributed by atoms with Gasteiger partial charge in [-0.05, 0) is 19.1 Å². The van der Waals surface area contributed by atoms with Gasteiger partial charge in [-0.3, -0.25) is 0 Å². The van der Waals surface area contributed by atoms with Gasteiger partial charge in [0.05, 0.1) is 15.8 Å². The highest BCUT2D eigenvalue weighted by atomic mass is 35.5. The summed E-state index contributed by atoms with van der Waals surface area (Å²) in [7, 11) is 1.46. The zero-order valence-electron chi connectivity index (χ0n) is 9.67. The number of carbonyl (C=O) groups is 1. The smallest absolute Gasteiger partial charge is 0.130 e. The maximum Gasteiger partial charge on any atom is 0.130 e. The van der Waals surface area contributed by atoms with E-state index in [0.717, 1.165) is 5.56 Å². The van der Waals surface area contributed by atoms with E-state index in [0.29, 0.717) is 28.6 Å². The SMILES string of the molecule is CO/N=C(/CCC(C)=O)c1ccc(Cl)c(Cl)c1. The predicted octanol–water partition coefficient (Wildman–Crippen LogP) is 3.71. The highest BCUT2D eigenvalue weighted by Gasteiger charge is 2.08. The van der Waals surface area contributed by atoms with E-state index in [9.17, 15) is 4.79 Å². The van der Waals surface area contributed by atoms with Crippen LogP contribution in [0, 0.1) is 0 Å². The highest BCUT2D eigenvalue weighted by Crippen LogP contribution is 2.23. The first kappa shape index (κ1) is 14.0. The number of nitrogens with zero attached hydrogens (tertiary/aromatic N) is 1. The number of hydrogen-bond acceptors (Lipinski definition) is 3. The first-order valence-electron chi connectivity index (χ1n) is 5.09. The lowest BCUT2D eigenvalue weighted by atomic mass is 10.0. The Morgan fingerprint density at radius 3 is 2.53 bits per heavy atom. The molecular formula is C12H13Cl2NO2. The van der Waals surface area contributed by atoms with Crippen LogP contribution < -0.4 is 0 Å². The van der Waals surface area contributed by atoms with E-state index < -0.39 is 0 Å². The van der Waals surface area contributed by atoms with Crippen molar-refractivity contribution >= 4 is 34.7 Å². The van der Waals surface area contributed by atoms with E-state index in [2.05, 4.69) is 5.16 Å². The Hall–Kier alpha value is -1.06. The number of oxime groups is 1. The van der Waals surface area contributed by atoms with Crippen molar-refractivity contribution in [2.24, 2.45) is 5.16 Å². The van der Waals surface area contributed by atoms with Gasteiger partial charge in [-0.25, -0.2) is 0 Å². The Morgan fingerprint density at radius 1 is 1.29 bits per heavy atom. The van der Waals surface area contributed by atoms with Crippen molar-refractivity contribution in [3.8, 4) is 0 Å². The fraction of sp³-hybridized carbons (Fsp3) is 0.333. The third-order valence-electron chi connectivity index (χ3n) is 2.17. The van der Waals surface area contributed by atoms with Gasteiger partial charge in [-0.2, -0.15) is 0 Å². The second kappa shape index (κ2) is 6.62. The van der Waals surface area contributed by atoms with Crippen LogP contribution >= 0.6 is 23.2 Å². The molecule has 0 aliphatic heterocycles. The molecule has 0 saturated heterocycles. The fourth-order valence-corrected chi connectivity index (χ4v) is 1.62. The minimum absolute atomic E-state index is 0.105. The van der Waals surface area contributed by atoms with Crippen molar-refractivity contribution in [2.45, 2.75) is 19.8 Å². The van der Waals surface area contributed by atoms with Crippen molar-refractivity contribution in [1.29, 1.82) is 0 Å². The van der Waals surface area contributed by atoms with Gasteiger partial charge in [0.1, 0.15) is 12.9 Å². The Kier molecular flexibility index (Phi) is 5.45. The van der Waals surface area contributed by atoms with Crippen LogP contribution in [0.1, 0.15) is 25.3 Å². The van der Waals surface area contributed by atoms with Crippen LogP contribution in [0.25, 0.3) is 0 Å². The van der Waals surface area contributed by atoms with Gasteiger partial charge in [-0.1, -0.05) is 34.4 Å². The second-order valence-electron chi connectivity index (χ2n) is 3.55. The summed E-state index contributed by atoms with van der Waals surface area (Å²) in [5.41, 5.74) is 1.49. The van der Waals surface area contributed by atoms with Gasteiger partial charge >= 0.3 is 0 Å². The average Bonchev–Trinajstić information content (AvgIpc) is 2.28. The molecule has 0 aliphatic carbocycles. The molecule has 0 radical (unpaired) electrons. The molecule has 0 fully saturated rings. The maximum atomic E-state index is 11.0. The summed E-state index contributed by atoms with van der Waals surface area (Å²) in [4.78, 5) is 15.7. The molecule has 0 bridgehead atoms. The van der Waals surface area contributed by atoms with Crippen molar-refractivity contribution in [3.63, 3.8) is 0 Å². The average molecular weight is 274 g/mol. The summed E-state index contributed by atoms with van der Waals surface area (Å²) >= 11 is 11.8. The molecule has 0 N–H and O–H groups in total. The molecular weight excluding hydrogens is 261 g/mol. The van der Waals surface area contributed by atoms with Crippen LogP contribution in [0.4, 0.5) is 0 Å². The Labute approximate surface area is 110 Å². The molecule has 0 amide bonds. The van der Waals surface area contributed by atoms with E-state index in [1.165, 1.54) is 7.11 Å². The molecule has 1 aromatic carbocycles. The lowest BCUT2D eigenvalue weighted by Gasteiger charge is -2.06. The second-order valence-corrected chi connectivity index (χ2v) is 4.37. The first-order chi connectivity index (χ1) is 8.04. The molecule has 0 heterocycles. The van der Waals surface area contributed by atoms with E-state index in [4.69, 9.17) is 28.0 Å². The highest BCUT2D eigenvalue weighted by molar-refractivity contribution is 6.42. The predicted molar refractivity (Wildman–Crippen MR) is 69.9 cm³/mol. The van der Waals surface area contributed by atoms with Crippen molar-refractivity contribution in [2.75, 3.05) is 7.11 Å². The number of Topliss-reactive ketones (excluding diaryl/α,β-unsaturated/α-hetero) is 1. The van der Waals surface area contributed by atoms with Gasteiger partial charge in [-0.15, -0.1) is 0 Å². The number of ketones is 1. The zero-order chi connectivity index (χ0) is 12.8. The van der Waals surface area contributed by atoms with Crippen LogP contribution in [0.5, 0.6) is 0 Å². The summed E-state index contributed by atoms with van der Waals surface area (Å²) in [6, 6.07) is 5.20. The van der Waals surface area contributed by atoms with Crippen LogP contribution in [-0.2, 0) is 9.63 Å². The zero-order valence-corrected chi connectivity index (χ0v) is 11.2. The molecule has 0 saturated carbocycles. The topological polar surface area (TPSA) is 38.7 Å². The van der Waals surface area contributed by atoms with Gasteiger partial charge in [0.2, 0.25) is 0 Å². The Balaban J connectivity index is 2.93. The van der Waals surface area contributed by atoms with E-state index in [1.54, 1.807) is 25.1 Å². The van der Waals surface area contributed by atoms with E-state index in [1.807, 2.05) is 0 Å². The molecule has 1 aromatic rings. The van der Waals surface area contributed by atoms with Gasteiger partial charge in [0, 0.05) is 18.4 Å².